The molecule has 0 saturated carbocycles. The second kappa shape index (κ2) is 6.63. The van der Waals surface area contributed by atoms with E-state index in [2.05, 4.69) is 40.3 Å². The van der Waals surface area contributed by atoms with Crippen molar-refractivity contribution in [2.24, 2.45) is 0 Å². The van der Waals surface area contributed by atoms with E-state index in [1.807, 2.05) is 18.2 Å². The zero-order valence-electron chi connectivity index (χ0n) is 11.0. The van der Waals surface area contributed by atoms with Crippen molar-refractivity contribution in [3.05, 3.63) is 74.2 Å². The van der Waals surface area contributed by atoms with Crippen LogP contribution in [0.15, 0.2) is 53.0 Å². The number of nitrogens with zero attached hydrogens (tertiary/aromatic N) is 1. The maximum atomic E-state index is 10.7. The summed E-state index contributed by atoms with van der Waals surface area (Å²) in [6.45, 7) is 2.67. The van der Waals surface area contributed by atoms with Gasteiger partial charge < -0.3 is 5.32 Å². The van der Waals surface area contributed by atoms with Gasteiger partial charge in [0, 0.05) is 29.2 Å². The molecule has 0 heterocycles. The Bertz CT molecular complexity index is 599. The molecule has 1 N–H and O–H groups in total. The van der Waals surface area contributed by atoms with Crippen molar-refractivity contribution in [2.75, 3.05) is 0 Å². The molecule has 0 spiro atoms. The van der Waals surface area contributed by atoms with Gasteiger partial charge in [-0.2, -0.15) is 0 Å². The van der Waals surface area contributed by atoms with E-state index in [0.717, 1.165) is 10.0 Å². The van der Waals surface area contributed by atoms with E-state index in [4.69, 9.17) is 0 Å². The normalized spacial score (nSPS) is 12.1. The fraction of sp³-hybridized carbons (Fsp3) is 0.200. The van der Waals surface area contributed by atoms with E-state index < -0.39 is 0 Å². The van der Waals surface area contributed by atoms with Crippen LogP contribution in [0.1, 0.15) is 24.1 Å². The summed E-state index contributed by atoms with van der Waals surface area (Å²) in [6.07, 6.45) is 0. The average Bonchev–Trinajstić information content (AvgIpc) is 2.46. The lowest BCUT2D eigenvalue weighted by molar-refractivity contribution is -0.384. The standard InChI is InChI=1S/C15H15BrN2O2/c1-11(13-5-7-14(16)8-6-13)17-10-12-3-2-4-15(9-12)18(19)20/h2-9,11,17H,10H2,1H3/t11-/m1/s1. The van der Waals surface area contributed by atoms with Crippen LogP contribution in [-0.4, -0.2) is 4.92 Å². The van der Waals surface area contributed by atoms with Crippen molar-refractivity contribution in [1.82, 2.24) is 5.32 Å². The van der Waals surface area contributed by atoms with Gasteiger partial charge in [-0.25, -0.2) is 0 Å². The Balaban J connectivity index is 1.99. The van der Waals surface area contributed by atoms with E-state index >= 15 is 0 Å². The number of benzene rings is 2. The van der Waals surface area contributed by atoms with E-state index in [0.29, 0.717) is 6.54 Å². The summed E-state index contributed by atoms with van der Waals surface area (Å²) in [7, 11) is 0. The molecular weight excluding hydrogens is 320 g/mol. The zero-order chi connectivity index (χ0) is 14.5. The topological polar surface area (TPSA) is 55.2 Å². The maximum absolute atomic E-state index is 10.7. The predicted molar refractivity (Wildman–Crippen MR) is 82.5 cm³/mol. The van der Waals surface area contributed by atoms with Gasteiger partial charge in [-0.15, -0.1) is 0 Å². The highest BCUT2D eigenvalue weighted by Crippen LogP contribution is 2.18. The molecule has 0 aliphatic carbocycles. The Morgan fingerprint density at radius 2 is 1.95 bits per heavy atom. The van der Waals surface area contributed by atoms with Crippen molar-refractivity contribution in [1.29, 1.82) is 0 Å². The van der Waals surface area contributed by atoms with Gasteiger partial charge in [-0.1, -0.05) is 40.2 Å². The van der Waals surface area contributed by atoms with Crippen LogP contribution in [0.4, 0.5) is 5.69 Å². The van der Waals surface area contributed by atoms with Crippen molar-refractivity contribution < 1.29 is 4.92 Å². The molecule has 5 heteroatoms. The lowest BCUT2D eigenvalue weighted by Gasteiger charge is -2.14. The molecule has 0 unspecified atom stereocenters. The molecule has 0 bridgehead atoms. The first-order valence-corrected chi connectivity index (χ1v) is 7.08. The van der Waals surface area contributed by atoms with Crippen LogP contribution in [0.2, 0.25) is 0 Å². The van der Waals surface area contributed by atoms with Crippen molar-refractivity contribution >= 4 is 21.6 Å². The van der Waals surface area contributed by atoms with Gasteiger partial charge in [-0.05, 0) is 30.2 Å². The summed E-state index contributed by atoms with van der Waals surface area (Å²) in [5.41, 5.74) is 2.21. The van der Waals surface area contributed by atoms with Crippen LogP contribution >= 0.6 is 15.9 Å². The van der Waals surface area contributed by atoms with Gasteiger partial charge in [0.1, 0.15) is 0 Å². The monoisotopic (exact) mass is 334 g/mol. The Kier molecular flexibility index (Phi) is 4.87. The zero-order valence-corrected chi connectivity index (χ0v) is 12.6. The first-order valence-electron chi connectivity index (χ1n) is 6.28. The number of nitro benzene ring substituents is 1. The third-order valence-corrected chi connectivity index (χ3v) is 3.63. The van der Waals surface area contributed by atoms with Gasteiger partial charge in [0.15, 0.2) is 0 Å². The molecule has 0 amide bonds. The van der Waals surface area contributed by atoms with Gasteiger partial charge in [0.05, 0.1) is 4.92 Å². The third kappa shape index (κ3) is 3.88. The number of nitrogens with one attached hydrogen (secondary N) is 1. The average molecular weight is 335 g/mol. The minimum Gasteiger partial charge on any atom is -0.306 e. The molecule has 0 fully saturated rings. The van der Waals surface area contributed by atoms with Gasteiger partial charge in [-0.3, -0.25) is 10.1 Å². The van der Waals surface area contributed by atoms with Crippen LogP contribution in [0.3, 0.4) is 0 Å². The van der Waals surface area contributed by atoms with E-state index in [9.17, 15) is 10.1 Å². The molecule has 2 rings (SSSR count). The SMILES string of the molecule is C[C@@H](NCc1cccc([N+](=O)[O-])c1)c1ccc(Br)cc1. The van der Waals surface area contributed by atoms with Crippen LogP contribution in [0.25, 0.3) is 0 Å². The second-order valence-corrected chi connectivity index (χ2v) is 5.50. The summed E-state index contributed by atoms with van der Waals surface area (Å²) < 4.78 is 1.05. The van der Waals surface area contributed by atoms with Crippen molar-refractivity contribution in [2.45, 2.75) is 19.5 Å². The first-order chi connectivity index (χ1) is 9.56. The van der Waals surface area contributed by atoms with Crippen molar-refractivity contribution in [3.63, 3.8) is 0 Å². The summed E-state index contributed by atoms with van der Waals surface area (Å²) >= 11 is 3.41. The quantitative estimate of drug-likeness (QED) is 0.658. The molecule has 0 radical (unpaired) electrons. The fourth-order valence-corrected chi connectivity index (χ4v) is 2.18. The maximum Gasteiger partial charge on any atom is 0.269 e. The first kappa shape index (κ1) is 14.7. The lowest BCUT2D eigenvalue weighted by atomic mass is 10.1. The number of nitro groups is 1. The summed E-state index contributed by atoms with van der Waals surface area (Å²) in [6, 6.07) is 15.0. The molecule has 20 heavy (non-hydrogen) atoms. The number of rotatable bonds is 5. The lowest BCUT2D eigenvalue weighted by Crippen LogP contribution is -2.18. The smallest absolute Gasteiger partial charge is 0.269 e. The molecule has 0 saturated heterocycles. The molecule has 0 aliphatic rings. The minimum absolute atomic E-state index is 0.126. The minimum atomic E-state index is -0.373. The number of hydrogen-bond acceptors (Lipinski definition) is 3. The second-order valence-electron chi connectivity index (χ2n) is 4.58. The van der Waals surface area contributed by atoms with E-state index in [1.54, 1.807) is 12.1 Å². The number of non-ortho nitro benzene ring substituents is 1. The van der Waals surface area contributed by atoms with Gasteiger partial charge in [0.2, 0.25) is 0 Å². The predicted octanol–water partition coefficient (Wildman–Crippen LogP) is 4.21. The highest BCUT2D eigenvalue weighted by atomic mass is 79.9. The molecule has 2 aromatic rings. The molecule has 4 nitrogen and oxygen atoms in total. The van der Waals surface area contributed by atoms with Gasteiger partial charge in [0.25, 0.3) is 5.69 Å². The third-order valence-electron chi connectivity index (χ3n) is 3.10. The van der Waals surface area contributed by atoms with Crippen LogP contribution in [0, 0.1) is 10.1 Å². The Labute approximate surface area is 126 Å². The highest BCUT2D eigenvalue weighted by Gasteiger charge is 2.08. The Morgan fingerprint density at radius 1 is 1.25 bits per heavy atom. The van der Waals surface area contributed by atoms with Gasteiger partial charge >= 0.3 is 0 Å². The number of halogens is 1. The molecule has 2 aromatic carbocycles. The molecule has 1 atom stereocenters. The molecular formula is C15H15BrN2O2. The van der Waals surface area contributed by atoms with Crippen molar-refractivity contribution in [3.8, 4) is 0 Å². The van der Waals surface area contributed by atoms with Crippen LogP contribution in [-0.2, 0) is 6.54 Å². The molecule has 0 aromatic heterocycles. The van der Waals surface area contributed by atoms with E-state index in [1.165, 1.54) is 11.6 Å². The summed E-state index contributed by atoms with van der Waals surface area (Å²) in [5.74, 6) is 0. The number of hydrogen-bond donors (Lipinski definition) is 1. The summed E-state index contributed by atoms with van der Waals surface area (Å²) in [5, 5.41) is 14.1. The summed E-state index contributed by atoms with van der Waals surface area (Å²) in [4.78, 5) is 10.4. The molecule has 0 aliphatic heterocycles. The van der Waals surface area contributed by atoms with E-state index in [-0.39, 0.29) is 16.7 Å². The highest BCUT2D eigenvalue weighted by molar-refractivity contribution is 9.10. The largest absolute Gasteiger partial charge is 0.306 e. The molecule has 104 valence electrons. The van der Waals surface area contributed by atoms with Crippen LogP contribution < -0.4 is 5.32 Å². The fourth-order valence-electron chi connectivity index (χ4n) is 1.92. The van der Waals surface area contributed by atoms with Crippen LogP contribution in [0.5, 0.6) is 0 Å². The Hall–Kier alpha value is -1.72. The Morgan fingerprint density at radius 3 is 2.60 bits per heavy atom.